The van der Waals surface area contributed by atoms with E-state index in [-0.39, 0.29) is 5.91 Å². The van der Waals surface area contributed by atoms with E-state index in [9.17, 15) is 10.1 Å². The molecule has 1 amide bonds. The van der Waals surface area contributed by atoms with Crippen molar-refractivity contribution in [3.63, 3.8) is 0 Å². The number of halogens is 1. The van der Waals surface area contributed by atoms with E-state index < -0.39 is 0 Å². The topological polar surface area (TPSA) is 89.2 Å². The Bertz CT molecular complexity index is 1270. The molecule has 186 valence electrons. The molecule has 3 aromatic rings. The van der Waals surface area contributed by atoms with Crippen LogP contribution >= 0.6 is 11.6 Å². The number of nitrogens with zero attached hydrogens (tertiary/aromatic N) is 5. The molecule has 8 nitrogen and oxygen atoms in total. The van der Waals surface area contributed by atoms with Crippen molar-refractivity contribution in [1.29, 1.82) is 5.26 Å². The summed E-state index contributed by atoms with van der Waals surface area (Å²) >= 11 is 5.99. The third kappa shape index (κ3) is 5.09. The highest BCUT2D eigenvalue weighted by atomic mass is 35.5. The number of hydrogen-bond acceptors (Lipinski definition) is 6. The van der Waals surface area contributed by atoms with E-state index in [0.717, 1.165) is 69.2 Å². The zero-order valence-corrected chi connectivity index (χ0v) is 21.1. The number of anilines is 2. The highest BCUT2D eigenvalue weighted by Gasteiger charge is 2.26. The van der Waals surface area contributed by atoms with Crippen LogP contribution < -0.4 is 15.5 Å². The second kappa shape index (κ2) is 10.7. The van der Waals surface area contributed by atoms with Crippen LogP contribution in [0.25, 0.3) is 5.69 Å². The number of carbonyl (C=O) groups is 1. The van der Waals surface area contributed by atoms with Crippen molar-refractivity contribution in [3.05, 3.63) is 70.5 Å². The van der Waals surface area contributed by atoms with Gasteiger partial charge in [-0.3, -0.25) is 9.69 Å². The Hall–Kier alpha value is -3.38. The van der Waals surface area contributed by atoms with Crippen molar-refractivity contribution >= 4 is 28.9 Å². The summed E-state index contributed by atoms with van der Waals surface area (Å²) in [6.45, 7) is 8.06. The maximum atomic E-state index is 13.0. The van der Waals surface area contributed by atoms with Gasteiger partial charge in [0.2, 0.25) is 0 Å². The number of benzene rings is 2. The molecule has 0 unspecified atom stereocenters. The maximum Gasteiger partial charge on any atom is 0.259 e. The summed E-state index contributed by atoms with van der Waals surface area (Å²) in [6, 6.07) is 15.8. The van der Waals surface area contributed by atoms with Gasteiger partial charge in [-0.2, -0.15) is 10.4 Å². The first-order chi connectivity index (χ1) is 17.5. The molecular formula is C27H30ClN7O. The molecule has 1 aromatic heterocycles. The minimum absolute atomic E-state index is 0.263. The number of nitriles is 1. The van der Waals surface area contributed by atoms with Gasteiger partial charge in [0.05, 0.1) is 34.4 Å². The van der Waals surface area contributed by atoms with Crippen LogP contribution in [0.2, 0.25) is 5.02 Å². The minimum Gasteiger partial charge on any atom is -0.370 e. The molecule has 0 atom stereocenters. The highest BCUT2D eigenvalue weighted by Crippen LogP contribution is 2.28. The Morgan fingerprint density at radius 2 is 1.83 bits per heavy atom. The largest absolute Gasteiger partial charge is 0.370 e. The number of piperazine rings is 1. The second-order valence-electron chi connectivity index (χ2n) is 9.33. The van der Waals surface area contributed by atoms with Gasteiger partial charge < -0.3 is 15.5 Å². The summed E-state index contributed by atoms with van der Waals surface area (Å²) in [5.74, 6) is -0.263. The normalized spacial score (nSPS) is 17.1. The molecule has 36 heavy (non-hydrogen) atoms. The summed E-state index contributed by atoms with van der Waals surface area (Å²) in [6.07, 6.45) is 3.75. The van der Waals surface area contributed by atoms with E-state index in [1.165, 1.54) is 0 Å². The van der Waals surface area contributed by atoms with Gasteiger partial charge in [0, 0.05) is 56.0 Å². The van der Waals surface area contributed by atoms with E-state index in [2.05, 4.69) is 31.6 Å². The third-order valence-corrected chi connectivity index (χ3v) is 7.43. The lowest BCUT2D eigenvalue weighted by Gasteiger charge is -2.41. The summed E-state index contributed by atoms with van der Waals surface area (Å²) < 4.78 is 1.71. The Kier molecular flexibility index (Phi) is 7.23. The quantitative estimate of drug-likeness (QED) is 0.550. The first-order valence-corrected chi connectivity index (χ1v) is 12.8. The zero-order valence-electron chi connectivity index (χ0n) is 20.4. The van der Waals surface area contributed by atoms with Gasteiger partial charge in [-0.1, -0.05) is 11.6 Å². The van der Waals surface area contributed by atoms with Crippen molar-refractivity contribution in [1.82, 2.24) is 20.0 Å². The average molecular weight is 504 g/mol. The monoisotopic (exact) mass is 503 g/mol. The SMILES string of the molecule is Cc1c(C(=O)Nc2ccc(N3CCC(N4CCNCC4)CC3)c(C#N)c2)cnn1-c1ccc(Cl)cc1. The van der Waals surface area contributed by atoms with Gasteiger partial charge in [0.1, 0.15) is 6.07 Å². The van der Waals surface area contributed by atoms with Crippen LogP contribution in [-0.4, -0.2) is 65.9 Å². The fourth-order valence-corrected chi connectivity index (χ4v) is 5.30. The molecule has 2 fully saturated rings. The van der Waals surface area contributed by atoms with Crippen LogP contribution in [0.5, 0.6) is 0 Å². The van der Waals surface area contributed by atoms with Crippen LogP contribution in [0.4, 0.5) is 11.4 Å². The van der Waals surface area contributed by atoms with Gasteiger partial charge in [0.15, 0.2) is 0 Å². The molecule has 5 rings (SSSR count). The predicted octanol–water partition coefficient (Wildman–Crippen LogP) is 3.83. The van der Waals surface area contributed by atoms with Gasteiger partial charge >= 0.3 is 0 Å². The minimum atomic E-state index is -0.263. The number of aromatic nitrogens is 2. The van der Waals surface area contributed by atoms with Gasteiger partial charge in [0.25, 0.3) is 5.91 Å². The van der Waals surface area contributed by atoms with Crippen molar-refractivity contribution in [2.24, 2.45) is 0 Å². The fourth-order valence-electron chi connectivity index (χ4n) is 5.17. The Labute approximate surface area is 216 Å². The molecule has 2 aliphatic heterocycles. The number of nitrogens with one attached hydrogen (secondary N) is 2. The number of carbonyl (C=O) groups excluding carboxylic acids is 1. The van der Waals surface area contributed by atoms with Crippen LogP contribution in [-0.2, 0) is 0 Å². The lowest BCUT2D eigenvalue weighted by atomic mass is 10.0. The van der Waals surface area contributed by atoms with Crippen molar-refractivity contribution in [2.75, 3.05) is 49.5 Å². The first-order valence-electron chi connectivity index (χ1n) is 12.4. The first kappa shape index (κ1) is 24.3. The molecule has 2 N–H and O–H groups in total. The van der Waals surface area contributed by atoms with E-state index in [0.29, 0.717) is 27.9 Å². The van der Waals surface area contributed by atoms with Crippen LogP contribution in [0.1, 0.15) is 34.5 Å². The lowest BCUT2D eigenvalue weighted by Crippen LogP contribution is -2.52. The average Bonchev–Trinajstić information content (AvgIpc) is 3.31. The van der Waals surface area contributed by atoms with Crippen LogP contribution in [0.3, 0.4) is 0 Å². The van der Waals surface area contributed by atoms with Crippen molar-refractivity contribution in [3.8, 4) is 11.8 Å². The number of piperidine rings is 1. The molecule has 2 saturated heterocycles. The molecule has 0 saturated carbocycles. The molecule has 2 aliphatic rings. The molecular weight excluding hydrogens is 474 g/mol. The third-order valence-electron chi connectivity index (χ3n) is 7.17. The molecule has 2 aromatic carbocycles. The molecule has 3 heterocycles. The fraction of sp³-hybridized carbons (Fsp3) is 0.370. The number of rotatable bonds is 5. The summed E-state index contributed by atoms with van der Waals surface area (Å²) in [4.78, 5) is 17.9. The smallest absolute Gasteiger partial charge is 0.259 e. The molecule has 9 heteroatoms. The molecule has 0 aliphatic carbocycles. The van der Waals surface area contributed by atoms with Crippen LogP contribution in [0, 0.1) is 18.3 Å². The van der Waals surface area contributed by atoms with Crippen molar-refractivity contribution < 1.29 is 4.79 Å². The van der Waals surface area contributed by atoms with E-state index in [4.69, 9.17) is 11.6 Å². The van der Waals surface area contributed by atoms with Gasteiger partial charge in [-0.05, 0) is 62.2 Å². The van der Waals surface area contributed by atoms with Crippen molar-refractivity contribution in [2.45, 2.75) is 25.8 Å². The highest BCUT2D eigenvalue weighted by molar-refractivity contribution is 6.30. The van der Waals surface area contributed by atoms with E-state index in [1.54, 1.807) is 29.1 Å². The maximum absolute atomic E-state index is 13.0. The second-order valence-corrected chi connectivity index (χ2v) is 9.77. The predicted molar refractivity (Wildman–Crippen MR) is 142 cm³/mol. The molecule has 0 spiro atoms. The Morgan fingerprint density at radius 1 is 1.11 bits per heavy atom. The van der Waals surface area contributed by atoms with E-state index >= 15 is 0 Å². The van der Waals surface area contributed by atoms with Gasteiger partial charge in [-0.15, -0.1) is 0 Å². The van der Waals surface area contributed by atoms with Gasteiger partial charge in [-0.25, -0.2) is 4.68 Å². The summed E-state index contributed by atoms with van der Waals surface area (Å²) in [7, 11) is 0. The molecule has 0 radical (unpaired) electrons. The van der Waals surface area contributed by atoms with Crippen LogP contribution in [0.15, 0.2) is 48.7 Å². The number of hydrogen-bond donors (Lipinski definition) is 2. The number of amides is 1. The Morgan fingerprint density at radius 3 is 2.53 bits per heavy atom. The molecule has 0 bridgehead atoms. The lowest BCUT2D eigenvalue weighted by molar-refractivity contribution is 0.102. The van der Waals surface area contributed by atoms with E-state index in [1.807, 2.05) is 31.2 Å². The Balaban J connectivity index is 1.26. The zero-order chi connectivity index (χ0) is 25.1. The standard InChI is InChI=1S/C27H30ClN7O/c1-19-25(18-31-35(19)24-5-2-21(28)3-6-24)27(36)32-22-4-7-26(20(16-22)17-29)34-12-8-23(9-13-34)33-14-10-30-11-15-33/h2-7,16,18,23,30H,8-15H2,1H3,(H,32,36). The summed E-state index contributed by atoms with van der Waals surface area (Å²) in [5.41, 5.74) is 4.12. The summed E-state index contributed by atoms with van der Waals surface area (Å²) in [5, 5.41) is 21.2.